The van der Waals surface area contributed by atoms with E-state index in [-0.39, 0.29) is 35.5 Å². The van der Waals surface area contributed by atoms with E-state index in [1.54, 1.807) is 35.2 Å². The second kappa shape index (κ2) is 10.0. The van der Waals surface area contributed by atoms with E-state index in [2.05, 4.69) is 4.90 Å². The quantitative estimate of drug-likeness (QED) is 0.374. The number of hydrogen-bond acceptors (Lipinski definition) is 6. The maximum Gasteiger partial charge on any atom is 0.270 e. The molecule has 1 saturated carbocycles. The Morgan fingerprint density at radius 2 is 1.75 bits per heavy atom. The normalized spacial score (nSPS) is 17.2. The smallest absolute Gasteiger partial charge is 0.270 e. The summed E-state index contributed by atoms with van der Waals surface area (Å²) in [5.41, 5.74) is 0.906. The van der Waals surface area contributed by atoms with Crippen molar-refractivity contribution in [2.75, 3.05) is 37.7 Å². The molecular weight excluding hydrogens is 410 g/mol. The lowest BCUT2D eigenvalue weighted by Crippen LogP contribution is -2.48. The molecule has 1 amide bonds. The number of nitro benzene ring substituents is 1. The highest BCUT2D eigenvalue weighted by Crippen LogP contribution is 2.34. The summed E-state index contributed by atoms with van der Waals surface area (Å²) in [5.74, 6) is -0.416. The molecule has 1 saturated heterocycles. The predicted molar refractivity (Wildman–Crippen MR) is 120 cm³/mol. The standard InChI is InChI=1S/C24H27N3O5/c28-23(17-25-12-14-32-15-13-25)26(19-8-4-5-9-19)22-11-10-20(27(30)31)16-21(22)24(29)18-6-2-1-3-7-18/h1-3,6-7,10-11,16,19H,4-5,8-9,12-15,17H2. The van der Waals surface area contributed by atoms with Gasteiger partial charge in [-0.1, -0.05) is 43.2 Å². The van der Waals surface area contributed by atoms with E-state index in [4.69, 9.17) is 4.74 Å². The largest absolute Gasteiger partial charge is 0.379 e. The third-order valence-electron chi connectivity index (χ3n) is 6.15. The summed E-state index contributed by atoms with van der Waals surface area (Å²) in [6.45, 7) is 2.77. The van der Waals surface area contributed by atoms with Gasteiger partial charge in [0.1, 0.15) is 0 Å². The van der Waals surface area contributed by atoms with E-state index in [1.807, 2.05) is 6.07 Å². The summed E-state index contributed by atoms with van der Waals surface area (Å²) in [6, 6.07) is 12.9. The first-order valence-electron chi connectivity index (χ1n) is 11.0. The van der Waals surface area contributed by atoms with Crippen molar-refractivity contribution in [3.05, 3.63) is 69.8 Å². The van der Waals surface area contributed by atoms with Crippen molar-refractivity contribution in [3.63, 3.8) is 0 Å². The third-order valence-corrected chi connectivity index (χ3v) is 6.15. The summed E-state index contributed by atoms with van der Waals surface area (Å²) in [4.78, 5) is 41.6. The number of ketones is 1. The van der Waals surface area contributed by atoms with E-state index >= 15 is 0 Å². The van der Waals surface area contributed by atoms with E-state index < -0.39 is 4.92 Å². The Balaban J connectivity index is 1.74. The summed E-state index contributed by atoms with van der Waals surface area (Å²) < 4.78 is 5.39. The molecule has 0 atom stereocenters. The van der Waals surface area contributed by atoms with Crippen molar-refractivity contribution >= 4 is 23.1 Å². The van der Waals surface area contributed by atoms with Gasteiger partial charge in [0, 0.05) is 36.8 Å². The van der Waals surface area contributed by atoms with Crippen molar-refractivity contribution in [1.82, 2.24) is 4.90 Å². The predicted octanol–water partition coefficient (Wildman–Crippen LogP) is 3.43. The first kappa shape index (κ1) is 22.1. The lowest BCUT2D eigenvalue weighted by molar-refractivity contribution is -0.384. The van der Waals surface area contributed by atoms with Gasteiger partial charge in [0.15, 0.2) is 5.78 Å². The molecule has 8 heteroatoms. The average molecular weight is 437 g/mol. The Kier molecular flexibility index (Phi) is 6.92. The van der Waals surface area contributed by atoms with Crippen LogP contribution in [-0.2, 0) is 9.53 Å². The van der Waals surface area contributed by atoms with E-state index in [1.165, 1.54) is 12.1 Å². The molecule has 0 radical (unpaired) electrons. The number of nitrogens with zero attached hydrogens (tertiary/aromatic N) is 3. The molecule has 0 N–H and O–H groups in total. The fourth-order valence-corrected chi connectivity index (χ4v) is 4.50. The fourth-order valence-electron chi connectivity index (χ4n) is 4.50. The van der Waals surface area contributed by atoms with Gasteiger partial charge in [0.05, 0.1) is 35.9 Å². The zero-order valence-corrected chi connectivity index (χ0v) is 17.9. The van der Waals surface area contributed by atoms with Crippen molar-refractivity contribution in [2.24, 2.45) is 0 Å². The zero-order chi connectivity index (χ0) is 22.5. The van der Waals surface area contributed by atoms with Gasteiger partial charge in [-0.2, -0.15) is 0 Å². The van der Waals surface area contributed by atoms with E-state index in [0.29, 0.717) is 37.6 Å². The van der Waals surface area contributed by atoms with Crippen LogP contribution in [0.2, 0.25) is 0 Å². The summed E-state index contributed by atoms with van der Waals surface area (Å²) >= 11 is 0. The van der Waals surface area contributed by atoms with Crippen LogP contribution in [0.25, 0.3) is 0 Å². The maximum atomic E-state index is 13.5. The number of morpholine rings is 1. The van der Waals surface area contributed by atoms with Crippen LogP contribution in [0.3, 0.4) is 0 Å². The SMILES string of the molecule is O=C(c1ccccc1)c1cc([N+](=O)[O-])ccc1N(C(=O)CN1CCOCC1)C1CCCC1. The molecule has 4 rings (SSSR count). The van der Waals surface area contributed by atoms with Gasteiger partial charge < -0.3 is 9.64 Å². The molecule has 32 heavy (non-hydrogen) atoms. The van der Waals surface area contributed by atoms with Gasteiger partial charge in [0.2, 0.25) is 5.91 Å². The monoisotopic (exact) mass is 437 g/mol. The average Bonchev–Trinajstić information content (AvgIpc) is 3.34. The van der Waals surface area contributed by atoms with Gasteiger partial charge in [0.25, 0.3) is 5.69 Å². The molecule has 0 spiro atoms. The second-order valence-corrected chi connectivity index (χ2v) is 8.24. The lowest BCUT2D eigenvalue weighted by atomic mass is 9.99. The van der Waals surface area contributed by atoms with Crippen molar-refractivity contribution in [3.8, 4) is 0 Å². The Bertz CT molecular complexity index is 982. The Labute approximate surface area is 186 Å². The number of ether oxygens (including phenoxy) is 1. The lowest BCUT2D eigenvalue weighted by Gasteiger charge is -2.34. The minimum absolute atomic E-state index is 0.0210. The number of non-ortho nitro benzene ring substituents is 1. The van der Waals surface area contributed by atoms with Crippen LogP contribution in [0, 0.1) is 10.1 Å². The van der Waals surface area contributed by atoms with Crippen molar-refractivity contribution in [1.29, 1.82) is 0 Å². The van der Waals surface area contributed by atoms with Crippen molar-refractivity contribution < 1.29 is 19.2 Å². The number of benzene rings is 2. The van der Waals surface area contributed by atoms with Gasteiger partial charge in [-0.05, 0) is 18.9 Å². The number of carbonyl (C=O) groups is 2. The van der Waals surface area contributed by atoms with Crippen LogP contribution >= 0.6 is 0 Å². The van der Waals surface area contributed by atoms with E-state index in [9.17, 15) is 19.7 Å². The molecule has 1 heterocycles. The molecule has 0 unspecified atom stereocenters. The van der Waals surface area contributed by atoms with Crippen LogP contribution < -0.4 is 4.90 Å². The second-order valence-electron chi connectivity index (χ2n) is 8.24. The molecule has 0 aromatic heterocycles. The van der Waals surface area contributed by atoms with Crippen LogP contribution in [0.15, 0.2) is 48.5 Å². The number of amides is 1. The highest BCUT2D eigenvalue weighted by Gasteiger charge is 2.33. The molecule has 168 valence electrons. The maximum absolute atomic E-state index is 13.5. The van der Waals surface area contributed by atoms with Gasteiger partial charge in [-0.3, -0.25) is 24.6 Å². The Morgan fingerprint density at radius 1 is 1.06 bits per heavy atom. The van der Waals surface area contributed by atoms with Crippen LogP contribution in [0.4, 0.5) is 11.4 Å². The minimum Gasteiger partial charge on any atom is -0.379 e. The molecule has 2 aliphatic rings. The van der Waals surface area contributed by atoms with Crippen LogP contribution in [0.5, 0.6) is 0 Å². The van der Waals surface area contributed by atoms with E-state index in [0.717, 1.165) is 25.7 Å². The molecule has 0 bridgehead atoms. The molecule has 2 aromatic rings. The highest BCUT2D eigenvalue weighted by atomic mass is 16.6. The molecule has 1 aliphatic heterocycles. The zero-order valence-electron chi connectivity index (χ0n) is 17.9. The molecule has 2 fully saturated rings. The number of anilines is 1. The highest BCUT2D eigenvalue weighted by molar-refractivity contribution is 6.14. The van der Waals surface area contributed by atoms with Gasteiger partial charge in [-0.25, -0.2) is 0 Å². The molecule has 8 nitrogen and oxygen atoms in total. The van der Waals surface area contributed by atoms with Crippen LogP contribution in [0.1, 0.15) is 41.6 Å². The van der Waals surface area contributed by atoms with Crippen molar-refractivity contribution in [2.45, 2.75) is 31.7 Å². The summed E-state index contributed by atoms with van der Waals surface area (Å²) in [7, 11) is 0. The Hall–Kier alpha value is -3.10. The number of rotatable bonds is 7. The third kappa shape index (κ3) is 4.87. The number of hydrogen-bond donors (Lipinski definition) is 0. The fraction of sp³-hybridized carbons (Fsp3) is 0.417. The first-order valence-corrected chi connectivity index (χ1v) is 11.0. The summed E-state index contributed by atoms with van der Waals surface area (Å²) in [6.07, 6.45) is 3.73. The van der Waals surface area contributed by atoms with Crippen LogP contribution in [-0.4, -0.2) is 60.4 Å². The molecular formula is C24H27N3O5. The number of carbonyl (C=O) groups excluding carboxylic acids is 2. The minimum atomic E-state index is -0.513. The Morgan fingerprint density at radius 3 is 2.41 bits per heavy atom. The van der Waals surface area contributed by atoms with Gasteiger partial charge >= 0.3 is 0 Å². The number of nitro groups is 1. The van der Waals surface area contributed by atoms with Gasteiger partial charge in [-0.15, -0.1) is 0 Å². The molecule has 2 aromatic carbocycles. The summed E-state index contributed by atoms with van der Waals surface area (Å²) in [5, 5.41) is 11.4. The topological polar surface area (TPSA) is 93.0 Å². The molecule has 1 aliphatic carbocycles. The first-order chi connectivity index (χ1) is 15.5.